The van der Waals surface area contributed by atoms with E-state index in [-0.39, 0.29) is 5.91 Å². The number of carbonyl (C=O) groups excluding carboxylic acids is 1. The molecule has 3 rings (SSSR count). The first kappa shape index (κ1) is 16.6. The van der Waals surface area contributed by atoms with E-state index in [2.05, 4.69) is 10.5 Å². The molecular formula is C18H15ClN2O2S. The molecule has 0 saturated carbocycles. The molecule has 0 fully saturated rings. The Morgan fingerprint density at radius 2 is 2.04 bits per heavy atom. The molecule has 0 bridgehead atoms. The third-order valence-electron chi connectivity index (χ3n) is 3.26. The quantitative estimate of drug-likeness (QED) is 0.638. The van der Waals surface area contributed by atoms with Gasteiger partial charge in [-0.15, -0.1) is 11.8 Å². The number of benzene rings is 2. The highest BCUT2D eigenvalue weighted by molar-refractivity contribution is 7.98. The molecule has 1 aromatic heterocycles. The summed E-state index contributed by atoms with van der Waals surface area (Å²) in [6, 6.07) is 16.4. The summed E-state index contributed by atoms with van der Waals surface area (Å²) >= 11 is 7.49. The number of halogens is 1. The van der Waals surface area contributed by atoms with E-state index < -0.39 is 0 Å². The summed E-state index contributed by atoms with van der Waals surface area (Å²) in [4.78, 5) is 13.4. The molecule has 4 nitrogen and oxygen atoms in total. The van der Waals surface area contributed by atoms with E-state index in [0.717, 1.165) is 16.3 Å². The average Bonchev–Trinajstić information content (AvgIpc) is 2.99. The molecule has 1 N–H and O–H groups in total. The van der Waals surface area contributed by atoms with E-state index in [1.54, 1.807) is 30.3 Å². The fourth-order valence-corrected chi connectivity index (χ4v) is 3.29. The Balaban J connectivity index is 1.74. The maximum atomic E-state index is 12.6. The molecule has 0 saturated heterocycles. The van der Waals surface area contributed by atoms with Crippen molar-refractivity contribution in [2.24, 2.45) is 0 Å². The molecule has 1 heterocycles. The maximum Gasteiger partial charge on any atom is 0.256 e. The number of rotatable bonds is 5. The Kier molecular flexibility index (Phi) is 5.23. The van der Waals surface area contributed by atoms with Crippen molar-refractivity contribution in [2.45, 2.75) is 17.6 Å². The van der Waals surface area contributed by atoms with Crippen molar-refractivity contribution < 1.29 is 9.32 Å². The van der Waals surface area contributed by atoms with Crippen LogP contribution in [0.4, 0.5) is 5.69 Å². The minimum atomic E-state index is -0.172. The maximum absolute atomic E-state index is 12.6. The number of amides is 1. The molecule has 0 radical (unpaired) electrons. The van der Waals surface area contributed by atoms with E-state index in [1.807, 2.05) is 31.2 Å². The highest BCUT2D eigenvalue weighted by atomic mass is 35.5. The summed E-state index contributed by atoms with van der Waals surface area (Å²) in [6.07, 6.45) is 0. The molecule has 0 atom stereocenters. The van der Waals surface area contributed by atoms with Gasteiger partial charge in [-0.3, -0.25) is 4.79 Å². The first-order valence-electron chi connectivity index (χ1n) is 7.33. The molecule has 0 aliphatic heterocycles. The third kappa shape index (κ3) is 4.19. The highest BCUT2D eigenvalue weighted by Crippen LogP contribution is 2.27. The second-order valence-electron chi connectivity index (χ2n) is 5.18. The Hall–Kier alpha value is -2.24. The Morgan fingerprint density at radius 1 is 1.21 bits per heavy atom. The average molecular weight is 359 g/mol. The standard InChI is InChI=1S/C18H15ClN2O2S/c1-12-9-15(23-21-12)11-24-17-8-3-2-7-16(17)18(22)20-14-6-4-5-13(19)10-14/h2-10H,11H2,1H3,(H,20,22). The van der Waals surface area contributed by atoms with E-state index in [4.69, 9.17) is 16.1 Å². The minimum absolute atomic E-state index is 0.172. The van der Waals surface area contributed by atoms with Crippen LogP contribution in [-0.2, 0) is 5.75 Å². The zero-order valence-corrected chi connectivity index (χ0v) is 14.5. The van der Waals surface area contributed by atoms with E-state index >= 15 is 0 Å². The fraction of sp³-hybridized carbons (Fsp3) is 0.111. The smallest absolute Gasteiger partial charge is 0.256 e. The van der Waals surface area contributed by atoms with Gasteiger partial charge >= 0.3 is 0 Å². The predicted molar refractivity (Wildman–Crippen MR) is 96.6 cm³/mol. The van der Waals surface area contributed by atoms with Crippen molar-refractivity contribution in [3.63, 3.8) is 0 Å². The molecule has 1 amide bonds. The van der Waals surface area contributed by atoms with Gasteiger partial charge in [0, 0.05) is 21.7 Å². The minimum Gasteiger partial charge on any atom is -0.360 e. The van der Waals surface area contributed by atoms with Gasteiger partial charge in [0.25, 0.3) is 5.91 Å². The normalized spacial score (nSPS) is 10.6. The molecule has 0 aliphatic carbocycles. The van der Waals surface area contributed by atoms with Crippen LogP contribution in [0.1, 0.15) is 21.8 Å². The zero-order chi connectivity index (χ0) is 16.9. The third-order valence-corrected chi connectivity index (χ3v) is 4.59. The lowest BCUT2D eigenvalue weighted by atomic mass is 10.2. The van der Waals surface area contributed by atoms with Crippen LogP contribution in [-0.4, -0.2) is 11.1 Å². The van der Waals surface area contributed by atoms with Crippen molar-refractivity contribution in [1.82, 2.24) is 5.16 Å². The number of thioether (sulfide) groups is 1. The van der Waals surface area contributed by atoms with Crippen molar-refractivity contribution in [2.75, 3.05) is 5.32 Å². The summed E-state index contributed by atoms with van der Waals surface area (Å²) in [5, 5.41) is 7.32. The van der Waals surface area contributed by atoms with Gasteiger partial charge in [-0.2, -0.15) is 0 Å². The number of nitrogens with zero attached hydrogens (tertiary/aromatic N) is 1. The molecule has 2 aromatic carbocycles. The molecular weight excluding hydrogens is 344 g/mol. The van der Waals surface area contributed by atoms with E-state index in [9.17, 15) is 4.79 Å². The second-order valence-corrected chi connectivity index (χ2v) is 6.64. The summed E-state index contributed by atoms with van der Waals surface area (Å²) in [5.41, 5.74) is 2.12. The van der Waals surface area contributed by atoms with Gasteiger partial charge in [0.1, 0.15) is 5.76 Å². The fourth-order valence-electron chi connectivity index (χ4n) is 2.18. The SMILES string of the molecule is Cc1cc(CSc2ccccc2C(=O)Nc2cccc(Cl)c2)on1. The summed E-state index contributed by atoms with van der Waals surface area (Å²) < 4.78 is 5.21. The van der Waals surface area contributed by atoms with Crippen LogP contribution < -0.4 is 5.32 Å². The number of anilines is 1. The first-order valence-corrected chi connectivity index (χ1v) is 8.69. The van der Waals surface area contributed by atoms with Gasteiger partial charge in [-0.25, -0.2) is 0 Å². The van der Waals surface area contributed by atoms with Crippen molar-refractivity contribution in [3.8, 4) is 0 Å². The largest absolute Gasteiger partial charge is 0.360 e. The molecule has 0 aliphatic rings. The van der Waals surface area contributed by atoms with Gasteiger partial charge < -0.3 is 9.84 Å². The monoisotopic (exact) mass is 358 g/mol. The van der Waals surface area contributed by atoms with Gasteiger partial charge in [-0.1, -0.05) is 35.0 Å². The Labute approximate surface area is 149 Å². The van der Waals surface area contributed by atoms with Crippen molar-refractivity contribution >= 4 is 35.0 Å². The van der Waals surface area contributed by atoms with Crippen LogP contribution in [0.5, 0.6) is 0 Å². The molecule has 0 spiro atoms. The van der Waals surface area contributed by atoms with Gasteiger partial charge in [-0.05, 0) is 37.3 Å². The molecule has 122 valence electrons. The predicted octanol–water partition coefficient (Wildman–Crippen LogP) is 5.18. The number of aryl methyl sites for hydroxylation is 1. The molecule has 3 aromatic rings. The van der Waals surface area contributed by atoms with Crippen molar-refractivity contribution in [3.05, 3.63) is 76.6 Å². The van der Waals surface area contributed by atoms with Crippen LogP contribution in [0, 0.1) is 6.92 Å². The summed E-state index contributed by atoms with van der Waals surface area (Å²) in [5.74, 6) is 1.22. The van der Waals surface area contributed by atoms with Crippen LogP contribution in [0.15, 0.2) is 64.0 Å². The second kappa shape index (κ2) is 7.55. The van der Waals surface area contributed by atoms with Gasteiger partial charge in [0.2, 0.25) is 0 Å². The lowest BCUT2D eigenvalue weighted by molar-refractivity contribution is 0.102. The summed E-state index contributed by atoms with van der Waals surface area (Å²) in [7, 11) is 0. The number of carbonyl (C=O) groups is 1. The van der Waals surface area contributed by atoms with Crippen LogP contribution >= 0.6 is 23.4 Å². The Morgan fingerprint density at radius 3 is 2.79 bits per heavy atom. The zero-order valence-electron chi connectivity index (χ0n) is 13.0. The van der Waals surface area contributed by atoms with Crippen LogP contribution in [0.3, 0.4) is 0 Å². The first-order chi connectivity index (χ1) is 11.6. The summed E-state index contributed by atoms with van der Waals surface area (Å²) in [6.45, 7) is 1.88. The molecule has 24 heavy (non-hydrogen) atoms. The molecule has 6 heteroatoms. The van der Waals surface area contributed by atoms with Gasteiger partial charge in [0.05, 0.1) is 17.0 Å². The number of hydrogen-bond donors (Lipinski definition) is 1. The van der Waals surface area contributed by atoms with Crippen LogP contribution in [0.25, 0.3) is 0 Å². The van der Waals surface area contributed by atoms with E-state index in [1.165, 1.54) is 11.8 Å². The topological polar surface area (TPSA) is 55.1 Å². The molecule has 0 unspecified atom stereocenters. The highest BCUT2D eigenvalue weighted by Gasteiger charge is 2.13. The lowest BCUT2D eigenvalue weighted by Gasteiger charge is -2.09. The van der Waals surface area contributed by atoms with Crippen LogP contribution in [0.2, 0.25) is 5.02 Å². The Bertz CT molecular complexity index is 863. The van der Waals surface area contributed by atoms with E-state index in [0.29, 0.717) is 22.0 Å². The van der Waals surface area contributed by atoms with Gasteiger partial charge in [0.15, 0.2) is 0 Å². The number of hydrogen-bond acceptors (Lipinski definition) is 4. The van der Waals surface area contributed by atoms with Crippen molar-refractivity contribution in [1.29, 1.82) is 0 Å². The number of nitrogens with one attached hydrogen (secondary N) is 1. The number of aromatic nitrogens is 1. The lowest BCUT2D eigenvalue weighted by Crippen LogP contribution is -2.12.